The fraction of sp³-hybridized carbons (Fsp3) is 0.487. The van der Waals surface area contributed by atoms with Crippen LogP contribution in [0.3, 0.4) is 0 Å². The normalized spacial score (nSPS) is 19.0. The van der Waals surface area contributed by atoms with Crippen molar-refractivity contribution in [1.82, 2.24) is 34.1 Å². The number of likely N-dealkylation sites (N-methyl/N-ethyl adjacent to an activating group) is 1. The molecule has 2 aliphatic rings. The van der Waals surface area contributed by atoms with Crippen LogP contribution in [0.5, 0.6) is 0 Å². The molecule has 266 valence electrons. The molecule has 1 N–H and O–H groups in total. The van der Waals surface area contributed by atoms with Crippen LogP contribution in [0, 0.1) is 5.82 Å². The lowest BCUT2D eigenvalue weighted by Crippen LogP contribution is -2.48. The molecule has 1 amide bonds. The number of amides is 1. The summed E-state index contributed by atoms with van der Waals surface area (Å²) in [6.07, 6.45) is 3.40. The maximum atomic E-state index is 14.5. The predicted octanol–water partition coefficient (Wildman–Crippen LogP) is 4.82. The van der Waals surface area contributed by atoms with Crippen LogP contribution in [0.25, 0.3) is 27.8 Å². The number of rotatable bonds is 11. The van der Waals surface area contributed by atoms with Crippen LogP contribution in [0.4, 0.5) is 4.39 Å². The van der Waals surface area contributed by atoms with Gasteiger partial charge in [0.15, 0.2) is 5.65 Å². The Bertz CT molecular complexity index is 1900. The van der Waals surface area contributed by atoms with Crippen molar-refractivity contribution in [1.29, 1.82) is 0 Å². The van der Waals surface area contributed by atoms with Gasteiger partial charge >= 0.3 is 5.69 Å². The monoisotopic (exact) mass is 683 g/mol. The summed E-state index contributed by atoms with van der Waals surface area (Å²) in [6, 6.07) is 17.5. The summed E-state index contributed by atoms with van der Waals surface area (Å²) in [7, 11) is 0. The van der Waals surface area contributed by atoms with Crippen LogP contribution in [-0.4, -0.2) is 92.6 Å². The molecule has 11 heteroatoms. The molecule has 6 rings (SSSR count). The Balaban J connectivity index is 1.24. The first-order valence-electron chi connectivity index (χ1n) is 18.2. The largest absolute Gasteiger partial charge is 0.352 e. The number of benzene rings is 2. The Morgan fingerprint density at radius 2 is 1.64 bits per heavy atom. The fourth-order valence-corrected chi connectivity index (χ4v) is 7.46. The standard InChI is InChI=1S/C39H50FN7O3/c1-5-43(6-2)26-36(48)42-32-14-16-33(17-15-32)47-38(49)35-23-31(40)24-41-37(35)46(39(47)50)34-9-7-8-30(22-34)29-12-10-28(11-13-29)25-44-18-20-45(21-19-44)27(3)4/h7-13,22-24,27,32-33H,5-6,14-21,25-26H2,1-4H3,(H,42,48). The molecular formula is C39H50FN7O3. The van der Waals surface area contributed by atoms with E-state index in [1.165, 1.54) is 20.8 Å². The maximum absolute atomic E-state index is 14.5. The predicted molar refractivity (Wildman–Crippen MR) is 196 cm³/mol. The number of aromatic nitrogens is 3. The highest BCUT2D eigenvalue weighted by atomic mass is 19.1. The highest BCUT2D eigenvalue weighted by molar-refractivity contribution is 5.78. The smallest absolute Gasteiger partial charge is 0.337 e. The number of hydrogen-bond acceptors (Lipinski definition) is 7. The van der Waals surface area contributed by atoms with E-state index < -0.39 is 17.1 Å². The van der Waals surface area contributed by atoms with Crippen molar-refractivity contribution in [3.63, 3.8) is 0 Å². The Labute approximate surface area is 293 Å². The fourth-order valence-electron chi connectivity index (χ4n) is 7.46. The van der Waals surface area contributed by atoms with Crippen molar-refractivity contribution in [2.45, 2.75) is 78.0 Å². The molecule has 2 aromatic heterocycles. The summed E-state index contributed by atoms with van der Waals surface area (Å²) >= 11 is 0. The minimum atomic E-state index is -0.637. The molecule has 2 fully saturated rings. The van der Waals surface area contributed by atoms with Gasteiger partial charge in [0.1, 0.15) is 5.82 Å². The Morgan fingerprint density at radius 1 is 0.940 bits per heavy atom. The Kier molecular flexibility index (Phi) is 11.2. The summed E-state index contributed by atoms with van der Waals surface area (Å²) in [5.74, 6) is -0.653. The molecule has 0 bridgehead atoms. The molecular weight excluding hydrogens is 633 g/mol. The van der Waals surface area contributed by atoms with E-state index >= 15 is 0 Å². The van der Waals surface area contributed by atoms with Crippen LogP contribution >= 0.6 is 0 Å². The molecule has 50 heavy (non-hydrogen) atoms. The zero-order chi connectivity index (χ0) is 35.4. The lowest BCUT2D eigenvalue weighted by molar-refractivity contribution is -0.123. The van der Waals surface area contributed by atoms with Crippen LogP contribution in [0.1, 0.15) is 65.0 Å². The molecule has 4 aromatic rings. The zero-order valence-electron chi connectivity index (χ0n) is 29.8. The van der Waals surface area contributed by atoms with Crippen molar-refractivity contribution in [2.24, 2.45) is 0 Å². The van der Waals surface area contributed by atoms with Gasteiger partial charge < -0.3 is 5.32 Å². The lowest BCUT2D eigenvalue weighted by Gasteiger charge is -2.36. The van der Waals surface area contributed by atoms with Crippen LogP contribution in [-0.2, 0) is 11.3 Å². The van der Waals surface area contributed by atoms with Gasteiger partial charge in [-0.15, -0.1) is 0 Å². The van der Waals surface area contributed by atoms with E-state index in [4.69, 9.17) is 0 Å². The van der Waals surface area contributed by atoms with Gasteiger partial charge in [-0.2, -0.15) is 0 Å². The molecule has 1 saturated carbocycles. The summed E-state index contributed by atoms with van der Waals surface area (Å²) < 4.78 is 17.2. The second-order valence-corrected chi connectivity index (χ2v) is 14.0. The SMILES string of the molecule is CCN(CC)CC(=O)NC1CCC(n2c(=O)c3cc(F)cnc3n(-c3cccc(-c4ccc(CN5CCN(C(C)C)CC5)cc4)c3)c2=O)CC1. The average Bonchev–Trinajstić information content (AvgIpc) is 3.12. The number of carbonyl (C=O) groups excluding carboxylic acids is 1. The van der Waals surface area contributed by atoms with Gasteiger partial charge in [0.05, 0.1) is 23.8 Å². The van der Waals surface area contributed by atoms with E-state index in [-0.39, 0.29) is 29.0 Å². The molecule has 1 aliphatic carbocycles. The van der Waals surface area contributed by atoms with Gasteiger partial charge in [0.25, 0.3) is 5.56 Å². The molecule has 0 atom stereocenters. The number of halogens is 1. The molecule has 10 nitrogen and oxygen atoms in total. The number of carbonyl (C=O) groups is 1. The van der Waals surface area contributed by atoms with Gasteiger partial charge in [0.2, 0.25) is 5.91 Å². The first kappa shape index (κ1) is 35.6. The van der Waals surface area contributed by atoms with Gasteiger partial charge in [-0.1, -0.05) is 50.2 Å². The molecule has 1 aliphatic heterocycles. The van der Waals surface area contributed by atoms with Gasteiger partial charge in [-0.25, -0.2) is 18.7 Å². The van der Waals surface area contributed by atoms with Crippen molar-refractivity contribution >= 4 is 16.9 Å². The van der Waals surface area contributed by atoms with Crippen molar-refractivity contribution < 1.29 is 9.18 Å². The Morgan fingerprint density at radius 3 is 2.30 bits per heavy atom. The third kappa shape index (κ3) is 7.90. The molecule has 3 heterocycles. The first-order valence-corrected chi connectivity index (χ1v) is 18.2. The van der Waals surface area contributed by atoms with Crippen LogP contribution in [0.15, 0.2) is 70.4 Å². The van der Waals surface area contributed by atoms with E-state index in [2.05, 4.69) is 63.1 Å². The zero-order valence-corrected chi connectivity index (χ0v) is 29.8. The topological polar surface area (TPSA) is 95.7 Å². The van der Waals surface area contributed by atoms with E-state index in [0.29, 0.717) is 44.0 Å². The van der Waals surface area contributed by atoms with Crippen molar-refractivity contribution in [2.75, 3.05) is 45.8 Å². The Hall–Kier alpha value is -4.19. The second kappa shape index (κ2) is 15.8. The molecule has 1 saturated heterocycles. The minimum absolute atomic E-state index is 0.0152. The summed E-state index contributed by atoms with van der Waals surface area (Å²) in [4.78, 5) is 52.0. The molecule has 0 unspecified atom stereocenters. The van der Waals surface area contributed by atoms with E-state index in [0.717, 1.165) is 63.1 Å². The maximum Gasteiger partial charge on any atom is 0.337 e. The van der Waals surface area contributed by atoms with E-state index in [9.17, 15) is 18.8 Å². The average molecular weight is 684 g/mol. The highest BCUT2D eigenvalue weighted by Gasteiger charge is 2.28. The summed E-state index contributed by atoms with van der Waals surface area (Å²) in [6.45, 7) is 15.7. The molecule has 2 aromatic carbocycles. The molecule has 0 spiro atoms. The summed E-state index contributed by atoms with van der Waals surface area (Å²) in [5, 5.41) is 3.19. The quantitative estimate of drug-likeness (QED) is 0.242. The van der Waals surface area contributed by atoms with Gasteiger partial charge in [0, 0.05) is 50.8 Å². The first-order chi connectivity index (χ1) is 24.1. The van der Waals surface area contributed by atoms with Gasteiger partial charge in [-0.3, -0.25) is 28.9 Å². The van der Waals surface area contributed by atoms with E-state index in [1.54, 1.807) is 0 Å². The van der Waals surface area contributed by atoms with Crippen molar-refractivity contribution in [3.8, 4) is 16.8 Å². The van der Waals surface area contributed by atoms with Crippen LogP contribution < -0.4 is 16.6 Å². The number of piperazine rings is 1. The third-order valence-electron chi connectivity index (χ3n) is 10.5. The second-order valence-electron chi connectivity index (χ2n) is 14.0. The minimum Gasteiger partial charge on any atom is -0.352 e. The number of pyridine rings is 1. The van der Waals surface area contributed by atoms with Crippen LogP contribution in [0.2, 0.25) is 0 Å². The lowest BCUT2D eigenvalue weighted by atomic mass is 9.91. The number of nitrogens with one attached hydrogen (secondary N) is 1. The number of nitrogens with zero attached hydrogens (tertiary/aromatic N) is 6. The van der Waals surface area contributed by atoms with E-state index in [1.807, 2.05) is 38.1 Å². The summed E-state index contributed by atoms with van der Waals surface area (Å²) in [5.41, 5.74) is 2.81. The molecule has 0 radical (unpaired) electrons. The number of hydrogen-bond donors (Lipinski definition) is 1. The third-order valence-corrected chi connectivity index (χ3v) is 10.5. The van der Waals surface area contributed by atoms with Crippen molar-refractivity contribution in [3.05, 3.63) is 93.0 Å². The number of fused-ring (bicyclic) bond motifs is 1. The van der Waals surface area contributed by atoms with Gasteiger partial charge in [-0.05, 0) is 87.5 Å². The highest BCUT2D eigenvalue weighted by Crippen LogP contribution is 2.28.